The molecule has 0 amide bonds. The van der Waals surface area contributed by atoms with Crippen molar-refractivity contribution >= 4 is 10.8 Å². The van der Waals surface area contributed by atoms with Crippen LogP contribution in [0, 0.1) is 5.92 Å². The largest absolute Gasteiger partial charge is 0.497 e. The van der Waals surface area contributed by atoms with Gasteiger partial charge in [-0.15, -0.1) is 0 Å². The molecule has 1 saturated carbocycles. The van der Waals surface area contributed by atoms with Crippen LogP contribution in [0.4, 0.5) is 0 Å². The van der Waals surface area contributed by atoms with Crippen molar-refractivity contribution in [2.24, 2.45) is 5.92 Å². The molecule has 1 aliphatic carbocycles. The van der Waals surface area contributed by atoms with E-state index in [2.05, 4.69) is 42.6 Å². The number of benzene rings is 2. The molecular weight excluding hydrogens is 258 g/mol. The highest BCUT2D eigenvalue weighted by Crippen LogP contribution is 2.28. The summed E-state index contributed by atoms with van der Waals surface area (Å²) in [6.45, 7) is 3.29. The van der Waals surface area contributed by atoms with Crippen LogP contribution in [0.5, 0.6) is 5.75 Å². The van der Waals surface area contributed by atoms with Gasteiger partial charge in [0.1, 0.15) is 5.75 Å². The van der Waals surface area contributed by atoms with Crippen LogP contribution >= 0.6 is 0 Å². The number of methoxy groups -OCH3 is 1. The van der Waals surface area contributed by atoms with Gasteiger partial charge in [-0.25, -0.2) is 0 Å². The smallest absolute Gasteiger partial charge is 0.119 e. The predicted octanol–water partition coefficient (Wildman–Crippen LogP) is 4.52. The molecule has 0 radical (unpaired) electrons. The first-order chi connectivity index (χ1) is 10.3. The Labute approximate surface area is 127 Å². The monoisotopic (exact) mass is 283 g/mol. The summed E-state index contributed by atoms with van der Waals surface area (Å²) in [4.78, 5) is 0. The SMILES string of the molecule is COc1ccc2cc(CN[C@@H](C)C3CCCC3)ccc2c1. The molecule has 0 aromatic heterocycles. The molecular formula is C19H25NO. The third-order valence-electron chi connectivity index (χ3n) is 4.85. The average molecular weight is 283 g/mol. The van der Waals surface area contributed by atoms with Gasteiger partial charge in [0, 0.05) is 12.6 Å². The van der Waals surface area contributed by atoms with E-state index in [1.165, 1.54) is 42.0 Å². The molecule has 21 heavy (non-hydrogen) atoms. The van der Waals surface area contributed by atoms with E-state index in [9.17, 15) is 0 Å². The highest BCUT2D eigenvalue weighted by molar-refractivity contribution is 5.84. The number of ether oxygens (including phenoxy) is 1. The Balaban J connectivity index is 1.66. The number of rotatable bonds is 5. The Kier molecular flexibility index (Phi) is 4.45. The van der Waals surface area contributed by atoms with E-state index in [1.54, 1.807) is 7.11 Å². The lowest BCUT2D eigenvalue weighted by molar-refractivity contribution is 0.380. The molecule has 0 aliphatic heterocycles. The van der Waals surface area contributed by atoms with Gasteiger partial charge in [0.15, 0.2) is 0 Å². The normalized spacial score (nSPS) is 17.2. The van der Waals surface area contributed by atoms with E-state index >= 15 is 0 Å². The van der Waals surface area contributed by atoms with Crippen molar-refractivity contribution in [3.05, 3.63) is 42.0 Å². The zero-order valence-electron chi connectivity index (χ0n) is 13.1. The summed E-state index contributed by atoms with van der Waals surface area (Å²) >= 11 is 0. The number of fused-ring (bicyclic) bond motifs is 1. The van der Waals surface area contributed by atoms with E-state index in [0.29, 0.717) is 6.04 Å². The molecule has 2 heteroatoms. The first kappa shape index (κ1) is 14.4. The van der Waals surface area contributed by atoms with Gasteiger partial charge in [-0.05, 0) is 60.2 Å². The minimum absolute atomic E-state index is 0.624. The quantitative estimate of drug-likeness (QED) is 0.871. The van der Waals surface area contributed by atoms with Crippen molar-refractivity contribution in [2.45, 2.75) is 45.2 Å². The van der Waals surface area contributed by atoms with Crippen LogP contribution < -0.4 is 10.1 Å². The van der Waals surface area contributed by atoms with Crippen molar-refractivity contribution in [3.63, 3.8) is 0 Å². The molecule has 2 nitrogen and oxygen atoms in total. The van der Waals surface area contributed by atoms with Gasteiger partial charge in [0.05, 0.1) is 7.11 Å². The maximum atomic E-state index is 5.28. The maximum absolute atomic E-state index is 5.28. The van der Waals surface area contributed by atoms with Crippen LogP contribution in [0.1, 0.15) is 38.2 Å². The van der Waals surface area contributed by atoms with Gasteiger partial charge in [-0.2, -0.15) is 0 Å². The van der Waals surface area contributed by atoms with Crippen LogP contribution in [0.15, 0.2) is 36.4 Å². The van der Waals surface area contributed by atoms with Crippen molar-refractivity contribution in [1.29, 1.82) is 0 Å². The van der Waals surface area contributed by atoms with Crippen LogP contribution in [0.3, 0.4) is 0 Å². The molecule has 3 rings (SSSR count). The van der Waals surface area contributed by atoms with E-state index in [4.69, 9.17) is 4.74 Å². The summed E-state index contributed by atoms with van der Waals surface area (Å²) in [7, 11) is 1.71. The third-order valence-corrected chi connectivity index (χ3v) is 4.85. The van der Waals surface area contributed by atoms with Crippen molar-refractivity contribution < 1.29 is 4.74 Å². The average Bonchev–Trinajstić information content (AvgIpc) is 3.06. The number of hydrogen-bond acceptors (Lipinski definition) is 2. The van der Waals surface area contributed by atoms with Crippen LogP contribution in [-0.2, 0) is 6.54 Å². The van der Waals surface area contributed by atoms with Crippen LogP contribution in [-0.4, -0.2) is 13.2 Å². The summed E-state index contributed by atoms with van der Waals surface area (Å²) in [5, 5.41) is 6.22. The summed E-state index contributed by atoms with van der Waals surface area (Å²) < 4.78 is 5.28. The second-order valence-electron chi connectivity index (χ2n) is 6.26. The summed E-state index contributed by atoms with van der Waals surface area (Å²) in [6.07, 6.45) is 5.61. The summed E-state index contributed by atoms with van der Waals surface area (Å²) in [5.74, 6) is 1.79. The first-order valence-electron chi connectivity index (χ1n) is 8.06. The lowest BCUT2D eigenvalue weighted by Gasteiger charge is -2.20. The van der Waals surface area contributed by atoms with Gasteiger partial charge in [0.25, 0.3) is 0 Å². The molecule has 1 fully saturated rings. The van der Waals surface area contributed by atoms with Crippen LogP contribution in [0.25, 0.3) is 10.8 Å². The van der Waals surface area contributed by atoms with E-state index in [0.717, 1.165) is 18.2 Å². The molecule has 1 N–H and O–H groups in total. The van der Waals surface area contributed by atoms with Gasteiger partial charge < -0.3 is 10.1 Å². The Morgan fingerprint density at radius 2 is 1.81 bits per heavy atom. The molecule has 2 aromatic rings. The number of hydrogen-bond donors (Lipinski definition) is 1. The highest BCUT2D eigenvalue weighted by Gasteiger charge is 2.20. The van der Waals surface area contributed by atoms with Crippen molar-refractivity contribution in [2.75, 3.05) is 7.11 Å². The highest BCUT2D eigenvalue weighted by atomic mass is 16.5. The zero-order chi connectivity index (χ0) is 14.7. The number of nitrogens with one attached hydrogen (secondary N) is 1. The molecule has 0 bridgehead atoms. The lowest BCUT2D eigenvalue weighted by atomic mass is 9.99. The van der Waals surface area contributed by atoms with Gasteiger partial charge >= 0.3 is 0 Å². The minimum Gasteiger partial charge on any atom is -0.497 e. The van der Waals surface area contributed by atoms with E-state index < -0.39 is 0 Å². The van der Waals surface area contributed by atoms with Gasteiger partial charge in [-0.3, -0.25) is 0 Å². The second-order valence-corrected chi connectivity index (χ2v) is 6.26. The standard InChI is InChI=1S/C19H25NO/c1-14(16-5-3-4-6-16)20-13-15-7-8-18-12-19(21-2)10-9-17(18)11-15/h7-12,14,16,20H,3-6,13H2,1-2H3/t14-/m0/s1. The lowest BCUT2D eigenvalue weighted by Crippen LogP contribution is -2.31. The molecule has 0 saturated heterocycles. The topological polar surface area (TPSA) is 21.3 Å². The van der Waals surface area contributed by atoms with Gasteiger partial charge in [-0.1, -0.05) is 31.0 Å². The fraction of sp³-hybridized carbons (Fsp3) is 0.474. The van der Waals surface area contributed by atoms with Gasteiger partial charge in [0.2, 0.25) is 0 Å². The second kappa shape index (κ2) is 6.48. The summed E-state index contributed by atoms with van der Waals surface area (Å²) in [5.41, 5.74) is 1.36. The predicted molar refractivity (Wildman–Crippen MR) is 88.8 cm³/mol. The fourth-order valence-corrected chi connectivity index (χ4v) is 3.41. The Bertz CT molecular complexity index is 602. The fourth-order valence-electron chi connectivity index (χ4n) is 3.41. The molecule has 1 atom stereocenters. The van der Waals surface area contributed by atoms with Crippen molar-refractivity contribution in [1.82, 2.24) is 5.32 Å². The third kappa shape index (κ3) is 3.38. The first-order valence-corrected chi connectivity index (χ1v) is 8.06. The van der Waals surface area contributed by atoms with Crippen LogP contribution in [0.2, 0.25) is 0 Å². The minimum atomic E-state index is 0.624. The molecule has 112 valence electrons. The molecule has 2 aromatic carbocycles. The van der Waals surface area contributed by atoms with E-state index in [1.807, 2.05) is 6.07 Å². The Hall–Kier alpha value is -1.54. The Morgan fingerprint density at radius 1 is 1.10 bits per heavy atom. The molecule has 0 heterocycles. The summed E-state index contributed by atoms with van der Waals surface area (Å²) in [6, 6.07) is 13.6. The van der Waals surface area contributed by atoms with Crippen molar-refractivity contribution in [3.8, 4) is 5.75 Å². The molecule has 0 unspecified atom stereocenters. The Morgan fingerprint density at radius 3 is 2.57 bits per heavy atom. The van der Waals surface area contributed by atoms with E-state index in [-0.39, 0.29) is 0 Å². The maximum Gasteiger partial charge on any atom is 0.119 e. The molecule has 0 spiro atoms. The molecule has 1 aliphatic rings. The zero-order valence-corrected chi connectivity index (χ0v) is 13.1.